The van der Waals surface area contributed by atoms with Crippen molar-refractivity contribution in [1.29, 1.82) is 0 Å². The second kappa shape index (κ2) is 6.15. The highest BCUT2D eigenvalue weighted by Crippen LogP contribution is 2.24. The largest absolute Gasteiger partial charge is 0.508 e. The molecule has 5 heteroatoms. The van der Waals surface area contributed by atoms with E-state index >= 15 is 0 Å². The Morgan fingerprint density at radius 3 is 2.05 bits per heavy atom. The molecule has 100 valence electrons. The highest BCUT2D eigenvalue weighted by molar-refractivity contribution is 6.22. The fraction of sp³-hybridized carbons (Fsp3) is 0.133. The SMILES string of the molecule is [B]C(Cc1ccc(Oc2ccc(O)cc2)cc1)C(=O)O. The van der Waals surface area contributed by atoms with Crippen LogP contribution >= 0.6 is 0 Å². The zero-order chi connectivity index (χ0) is 14.5. The molecule has 2 aromatic carbocycles. The first-order valence-corrected chi connectivity index (χ1v) is 6.09. The van der Waals surface area contributed by atoms with Gasteiger partial charge < -0.3 is 14.9 Å². The number of phenols is 1. The fourth-order valence-electron chi connectivity index (χ4n) is 1.69. The number of benzene rings is 2. The van der Waals surface area contributed by atoms with E-state index in [9.17, 15) is 9.90 Å². The highest BCUT2D eigenvalue weighted by atomic mass is 16.5. The molecule has 2 aromatic rings. The summed E-state index contributed by atoms with van der Waals surface area (Å²) in [6.07, 6.45) is 0.273. The van der Waals surface area contributed by atoms with Crippen molar-refractivity contribution in [1.82, 2.24) is 0 Å². The summed E-state index contributed by atoms with van der Waals surface area (Å²) in [5.74, 6) is -0.509. The Morgan fingerprint density at radius 2 is 1.55 bits per heavy atom. The monoisotopic (exact) mass is 268 g/mol. The minimum atomic E-state index is -1.02. The lowest BCUT2D eigenvalue weighted by molar-refractivity contribution is -0.136. The number of carboxylic acids is 1. The fourth-order valence-corrected chi connectivity index (χ4v) is 1.69. The number of carbonyl (C=O) groups is 1. The Kier molecular flexibility index (Phi) is 4.30. The van der Waals surface area contributed by atoms with Crippen LogP contribution < -0.4 is 4.74 Å². The van der Waals surface area contributed by atoms with E-state index in [0.717, 1.165) is 5.56 Å². The van der Waals surface area contributed by atoms with Crippen molar-refractivity contribution in [3.63, 3.8) is 0 Å². The molecule has 0 aromatic heterocycles. The van der Waals surface area contributed by atoms with Crippen LogP contribution in [0.2, 0.25) is 5.82 Å². The van der Waals surface area contributed by atoms with Crippen molar-refractivity contribution in [2.45, 2.75) is 12.2 Å². The molecular formula is C15H13BO4. The minimum absolute atomic E-state index is 0.176. The third kappa shape index (κ3) is 3.78. The number of aromatic hydroxyl groups is 1. The van der Waals surface area contributed by atoms with E-state index in [1.807, 2.05) is 0 Å². The molecule has 1 unspecified atom stereocenters. The minimum Gasteiger partial charge on any atom is -0.508 e. The first-order valence-electron chi connectivity index (χ1n) is 6.09. The predicted molar refractivity (Wildman–Crippen MR) is 75.5 cm³/mol. The average molecular weight is 268 g/mol. The number of hydrogen-bond donors (Lipinski definition) is 2. The number of ether oxygens (including phenoxy) is 1. The quantitative estimate of drug-likeness (QED) is 0.818. The third-order valence-electron chi connectivity index (χ3n) is 2.77. The molecule has 2 N–H and O–H groups in total. The summed E-state index contributed by atoms with van der Waals surface area (Å²) in [4.78, 5) is 10.7. The van der Waals surface area contributed by atoms with Gasteiger partial charge in [0.1, 0.15) is 17.2 Å². The molecule has 0 aliphatic carbocycles. The van der Waals surface area contributed by atoms with Gasteiger partial charge in [-0.25, -0.2) is 0 Å². The van der Waals surface area contributed by atoms with Gasteiger partial charge in [0.15, 0.2) is 0 Å². The van der Waals surface area contributed by atoms with E-state index in [2.05, 4.69) is 0 Å². The Labute approximate surface area is 118 Å². The number of aliphatic carboxylic acids is 1. The molecule has 0 saturated carbocycles. The highest BCUT2D eigenvalue weighted by Gasteiger charge is 2.10. The van der Waals surface area contributed by atoms with Gasteiger partial charge in [-0.3, -0.25) is 4.79 Å². The van der Waals surface area contributed by atoms with E-state index in [1.54, 1.807) is 36.4 Å². The van der Waals surface area contributed by atoms with Crippen molar-refractivity contribution in [3.05, 3.63) is 54.1 Å². The Morgan fingerprint density at radius 1 is 1.05 bits per heavy atom. The van der Waals surface area contributed by atoms with Gasteiger partial charge in [-0.1, -0.05) is 12.1 Å². The number of phenolic OH excluding ortho intramolecular Hbond substituents is 1. The molecule has 2 radical (unpaired) electrons. The molecule has 20 heavy (non-hydrogen) atoms. The molecule has 4 nitrogen and oxygen atoms in total. The average Bonchev–Trinajstić information content (AvgIpc) is 2.43. The summed E-state index contributed by atoms with van der Waals surface area (Å²) in [6.45, 7) is 0. The van der Waals surface area contributed by atoms with Crippen LogP contribution in [0.3, 0.4) is 0 Å². The molecule has 0 heterocycles. The zero-order valence-corrected chi connectivity index (χ0v) is 10.7. The van der Waals surface area contributed by atoms with E-state index in [0.29, 0.717) is 11.5 Å². The van der Waals surface area contributed by atoms with Crippen LogP contribution in [0.25, 0.3) is 0 Å². The molecule has 0 fully saturated rings. The van der Waals surface area contributed by atoms with Gasteiger partial charge in [-0.15, -0.1) is 0 Å². The van der Waals surface area contributed by atoms with Gasteiger partial charge in [0.05, 0.1) is 7.85 Å². The molecule has 0 aliphatic heterocycles. The summed E-state index contributed by atoms with van der Waals surface area (Å²) in [7, 11) is 5.47. The first kappa shape index (κ1) is 14.0. The summed E-state index contributed by atoms with van der Waals surface area (Å²) >= 11 is 0. The predicted octanol–water partition coefficient (Wildman–Crippen LogP) is 2.77. The molecule has 0 bridgehead atoms. The van der Waals surface area contributed by atoms with Crippen LogP contribution in [0.5, 0.6) is 17.2 Å². The van der Waals surface area contributed by atoms with Crippen molar-refractivity contribution >= 4 is 13.8 Å². The molecule has 1 atom stereocenters. The van der Waals surface area contributed by atoms with E-state index in [4.69, 9.17) is 17.7 Å². The van der Waals surface area contributed by atoms with Crippen molar-refractivity contribution in [2.75, 3.05) is 0 Å². The Hall–Kier alpha value is -2.43. The second-order valence-electron chi connectivity index (χ2n) is 4.39. The van der Waals surface area contributed by atoms with E-state index < -0.39 is 11.8 Å². The van der Waals surface area contributed by atoms with Gasteiger partial charge in [0.2, 0.25) is 0 Å². The van der Waals surface area contributed by atoms with Crippen LogP contribution in [0.1, 0.15) is 5.56 Å². The van der Waals surface area contributed by atoms with Crippen LogP contribution in [0, 0.1) is 0 Å². The summed E-state index contributed by atoms with van der Waals surface area (Å²) in [6, 6.07) is 13.4. The van der Waals surface area contributed by atoms with Gasteiger partial charge in [-0.2, -0.15) is 0 Å². The lowest BCUT2D eigenvalue weighted by Crippen LogP contribution is -2.09. The number of rotatable bonds is 5. The molecule has 0 saturated heterocycles. The van der Waals surface area contributed by atoms with Crippen LogP contribution in [-0.4, -0.2) is 24.0 Å². The lowest BCUT2D eigenvalue weighted by Gasteiger charge is -2.09. The normalized spacial score (nSPS) is 11.8. The van der Waals surface area contributed by atoms with Gasteiger partial charge >= 0.3 is 0 Å². The Balaban J connectivity index is 2.01. The van der Waals surface area contributed by atoms with Crippen LogP contribution in [0.15, 0.2) is 48.5 Å². The smallest absolute Gasteiger partial charge is 0.297 e. The standard InChI is InChI=1S/C15H13BO4/c16-14(15(18)19)9-10-1-5-12(6-2-10)20-13-7-3-11(17)4-8-13/h1-8,14,17H,9H2,(H,18,19). The van der Waals surface area contributed by atoms with Gasteiger partial charge in [0.25, 0.3) is 5.97 Å². The second-order valence-corrected chi connectivity index (χ2v) is 4.39. The van der Waals surface area contributed by atoms with Crippen molar-refractivity contribution in [3.8, 4) is 17.2 Å². The summed E-state index contributed by atoms with van der Waals surface area (Å²) < 4.78 is 5.58. The zero-order valence-electron chi connectivity index (χ0n) is 10.7. The topological polar surface area (TPSA) is 66.8 Å². The maximum Gasteiger partial charge on any atom is 0.297 e. The Bertz CT molecular complexity index is 578. The van der Waals surface area contributed by atoms with Crippen molar-refractivity contribution in [2.24, 2.45) is 0 Å². The molecule has 0 amide bonds. The first-order chi connectivity index (χ1) is 9.54. The van der Waals surface area contributed by atoms with Crippen LogP contribution in [-0.2, 0) is 11.2 Å². The summed E-state index contributed by atoms with van der Waals surface area (Å²) in [5, 5.41) is 17.9. The van der Waals surface area contributed by atoms with E-state index in [-0.39, 0.29) is 12.2 Å². The van der Waals surface area contributed by atoms with Gasteiger partial charge in [-0.05, 0) is 48.4 Å². The van der Waals surface area contributed by atoms with E-state index in [1.165, 1.54) is 12.1 Å². The maximum absolute atomic E-state index is 10.7. The van der Waals surface area contributed by atoms with Gasteiger partial charge in [0, 0.05) is 5.82 Å². The molecular weight excluding hydrogens is 255 g/mol. The molecule has 0 aliphatic rings. The molecule has 2 rings (SSSR count). The summed E-state index contributed by atoms with van der Waals surface area (Å²) in [5.41, 5.74) is 0.831. The molecule has 0 spiro atoms. The number of carboxylic acid groups (broad SMARTS) is 1. The third-order valence-corrected chi connectivity index (χ3v) is 2.77. The number of hydrogen-bond acceptors (Lipinski definition) is 3. The maximum atomic E-state index is 10.7. The van der Waals surface area contributed by atoms with Crippen LogP contribution in [0.4, 0.5) is 0 Å². The lowest BCUT2D eigenvalue weighted by atomic mass is 9.82. The van der Waals surface area contributed by atoms with Crippen molar-refractivity contribution < 1.29 is 19.7 Å².